The van der Waals surface area contributed by atoms with Crippen molar-refractivity contribution >= 4 is 23.5 Å². The molecule has 1 amide bonds. The summed E-state index contributed by atoms with van der Waals surface area (Å²) in [7, 11) is 1.46. The van der Waals surface area contributed by atoms with Gasteiger partial charge in [0.15, 0.2) is 5.69 Å². The number of hydrogen-bond acceptors (Lipinski definition) is 5. The molecule has 2 aromatic carbocycles. The van der Waals surface area contributed by atoms with Gasteiger partial charge in [0.25, 0.3) is 5.91 Å². The van der Waals surface area contributed by atoms with Crippen LogP contribution in [0.5, 0.6) is 11.6 Å². The smallest absolute Gasteiger partial charge is 0.305 e. The summed E-state index contributed by atoms with van der Waals surface area (Å²) in [5.74, 6) is -1.51. The molecule has 0 aliphatic rings. The van der Waals surface area contributed by atoms with E-state index >= 15 is 0 Å². The van der Waals surface area contributed by atoms with Gasteiger partial charge in [0, 0.05) is 16.7 Å². The molecular formula is C20H18ClN3O5. The second kappa shape index (κ2) is 8.66. The Morgan fingerprint density at radius 2 is 1.90 bits per heavy atom. The Kier molecular flexibility index (Phi) is 6.04. The number of carbonyl (C=O) groups excluding carboxylic acids is 1. The molecule has 1 aromatic heterocycles. The Hall–Kier alpha value is -3.52. The molecule has 9 heteroatoms. The van der Waals surface area contributed by atoms with Crippen LogP contribution in [0.3, 0.4) is 0 Å². The maximum Gasteiger partial charge on any atom is 0.305 e. The maximum atomic E-state index is 12.7. The van der Waals surface area contributed by atoms with E-state index in [4.69, 9.17) is 16.3 Å². The summed E-state index contributed by atoms with van der Waals surface area (Å²) in [6.07, 6.45) is -0.351. The first kappa shape index (κ1) is 20.2. The van der Waals surface area contributed by atoms with Crippen LogP contribution in [0.25, 0.3) is 5.69 Å². The summed E-state index contributed by atoms with van der Waals surface area (Å²) in [4.78, 5) is 24.0. The molecule has 1 heterocycles. The molecule has 0 radical (unpaired) electrons. The molecule has 150 valence electrons. The highest BCUT2D eigenvalue weighted by molar-refractivity contribution is 6.30. The summed E-state index contributed by atoms with van der Waals surface area (Å²) >= 11 is 5.86. The van der Waals surface area contributed by atoms with Gasteiger partial charge < -0.3 is 20.3 Å². The van der Waals surface area contributed by atoms with Gasteiger partial charge in [-0.15, -0.1) is 0 Å². The predicted octanol–water partition coefficient (Wildman–Crippen LogP) is 3.19. The van der Waals surface area contributed by atoms with Crippen LogP contribution in [0.1, 0.15) is 28.5 Å². The van der Waals surface area contributed by atoms with Gasteiger partial charge in [0.1, 0.15) is 5.75 Å². The van der Waals surface area contributed by atoms with Gasteiger partial charge in [0.05, 0.1) is 25.3 Å². The summed E-state index contributed by atoms with van der Waals surface area (Å²) in [6, 6.07) is 13.7. The number of carbonyl (C=O) groups is 2. The fourth-order valence-electron chi connectivity index (χ4n) is 2.85. The van der Waals surface area contributed by atoms with Crippen molar-refractivity contribution in [2.75, 3.05) is 7.11 Å². The number of hydrogen-bond donors (Lipinski definition) is 3. The first-order valence-corrected chi connectivity index (χ1v) is 8.97. The number of ether oxygens (including phenoxy) is 1. The minimum Gasteiger partial charge on any atom is -0.496 e. The highest BCUT2D eigenvalue weighted by Gasteiger charge is 2.24. The number of carboxylic acids is 1. The molecule has 3 rings (SSSR count). The van der Waals surface area contributed by atoms with E-state index in [1.54, 1.807) is 48.5 Å². The minimum atomic E-state index is -1.09. The van der Waals surface area contributed by atoms with Gasteiger partial charge in [-0.1, -0.05) is 29.8 Å². The molecule has 0 saturated heterocycles. The van der Waals surface area contributed by atoms with Crippen LogP contribution in [0.2, 0.25) is 5.02 Å². The number of rotatable bonds is 7. The third-order valence-corrected chi connectivity index (χ3v) is 4.44. The quantitative estimate of drug-likeness (QED) is 0.546. The monoisotopic (exact) mass is 415 g/mol. The number of methoxy groups -OCH3 is 1. The zero-order valence-electron chi connectivity index (χ0n) is 15.4. The molecule has 0 spiro atoms. The average molecular weight is 416 g/mol. The van der Waals surface area contributed by atoms with Gasteiger partial charge in [-0.25, -0.2) is 4.68 Å². The van der Waals surface area contributed by atoms with Crippen molar-refractivity contribution < 1.29 is 24.5 Å². The summed E-state index contributed by atoms with van der Waals surface area (Å²) < 4.78 is 6.45. The molecule has 0 saturated carbocycles. The number of para-hydroxylation sites is 1. The van der Waals surface area contributed by atoms with E-state index in [1.807, 2.05) is 0 Å². The second-order valence-corrected chi connectivity index (χ2v) is 6.58. The lowest BCUT2D eigenvalue weighted by molar-refractivity contribution is -0.137. The Bertz CT molecular complexity index is 1030. The molecule has 3 N–H and O–H groups in total. The van der Waals surface area contributed by atoms with Gasteiger partial charge in [-0.05, 0) is 30.3 Å². The van der Waals surface area contributed by atoms with Crippen LogP contribution in [0, 0.1) is 0 Å². The van der Waals surface area contributed by atoms with Crippen LogP contribution in [-0.4, -0.2) is 39.0 Å². The fourth-order valence-corrected chi connectivity index (χ4v) is 2.98. The normalized spacial score (nSPS) is 11.7. The van der Waals surface area contributed by atoms with Crippen LogP contribution in [-0.2, 0) is 4.79 Å². The summed E-state index contributed by atoms with van der Waals surface area (Å²) in [5, 5.41) is 26.7. The van der Waals surface area contributed by atoms with Crippen molar-refractivity contribution in [1.29, 1.82) is 0 Å². The summed E-state index contributed by atoms with van der Waals surface area (Å²) in [5.41, 5.74) is 0.965. The van der Waals surface area contributed by atoms with E-state index in [2.05, 4.69) is 10.4 Å². The highest BCUT2D eigenvalue weighted by Crippen LogP contribution is 2.28. The Morgan fingerprint density at radius 1 is 1.21 bits per heavy atom. The molecule has 0 bridgehead atoms. The lowest BCUT2D eigenvalue weighted by atomic mass is 10.0. The Balaban J connectivity index is 1.87. The van der Waals surface area contributed by atoms with Gasteiger partial charge in [-0.3, -0.25) is 9.59 Å². The van der Waals surface area contributed by atoms with Crippen LogP contribution < -0.4 is 10.1 Å². The fraction of sp³-hybridized carbons (Fsp3) is 0.150. The van der Waals surface area contributed by atoms with Gasteiger partial charge >= 0.3 is 5.97 Å². The van der Waals surface area contributed by atoms with Crippen molar-refractivity contribution in [2.45, 2.75) is 12.5 Å². The lowest BCUT2D eigenvalue weighted by Crippen LogP contribution is -2.30. The van der Waals surface area contributed by atoms with Gasteiger partial charge in [0.2, 0.25) is 5.88 Å². The maximum absolute atomic E-state index is 12.7. The van der Waals surface area contributed by atoms with E-state index in [1.165, 1.54) is 17.9 Å². The predicted molar refractivity (Wildman–Crippen MR) is 106 cm³/mol. The number of aliphatic carboxylic acids is 1. The topological polar surface area (TPSA) is 114 Å². The number of aromatic hydroxyl groups is 1. The third-order valence-electron chi connectivity index (χ3n) is 4.19. The zero-order chi connectivity index (χ0) is 21.0. The van der Waals surface area contributed by atoms with Crippen molar-refractivity contribution in [2.24, 2.45) is 0 Å². The highest BCUT2D eigenvalue weighted by atomic mass is 35.5. The Morgan fingerprint density at radius 3 is 2.55 bits per heavy atom. The number of benzene rings is 2. The van der Waals surface area contributed by atoms with Crippen molar-refractivity contribution in [3.63, 3.8) is 0 Å². The molecule has 3 aromatic rings. The van der Waals surface area contributed by atoms with Crippen LogP contribution in [0.4, 0.5) is 0 Å². The number of nitrogens with zero attached hydrogens (tertiary/aromatic N) is 2. The summed E-state index contributed by atoms with van der Waals surface area (Å²) in [6.45, 7) is 0. The number of carboxylic acid groups (broad SMARTS) is 1. The van der Waals surface area contributed by atoms with Crippen molar-refractivity contribution in [3.05, 3.63) is 70.9 Å². The number of amides is 1. The molecule has 29 heavy (non-hydrogen) atoms. The van der Waals surface area contributed by atoms with E-state index in [0.29, 0.717) is 22.0 Å². The molecule has 0 aliphatic carbocycles. The first-order chi connectivity index (χ1) is 13.9. The van der Waals surface area contributed by atoms with Crippen molar-refractivity contribution in [3.8, 4) is 17.3 Å². The van der Waals surface area contributed by atoms with E-state index < -0.39 is 17.9 Å². The number of aromatic nitrogens is 2. The van der Waals surface area contributed by atoms with E-state index in [-0.39, 0.29) is 18.0 Å². The van der Waals surface area contributed by atoms with Crippen LogP contribution >= 0.6 is 11.6 Å². The molecule has 0 aliphatic heterocycles. The third kappa shape index (κ3) is 4.67. The minimum absolute atomic E-state index is 0.0669. The van der Waals surface area contributed by atoms with E-state index in [0.717, 1.165) is 0 Å². The lowest BCUT2D eigenvalue weighted by Gasteiger charge is -2.19. The zero-order valence-corrected chi connectivity index (χ0v) is 16.1. The molecular weight excluding hydrogens is 398 g/mol. The number of nitrogens with one attached hydrogen (secondary N) is 1. The van der Waals surface area contributed by atoms with Gasteiger partial charge in [-0.2, -0.15) is 5.10 Å². The standard InChI is InChI=1S/C20H18ClN3O5/c1-29-17-5-3-2-4-14(17)15(11-19(26)27)22-20(28)16-10-18(25)24(23-16)13-8-6-12(21)7-9-13/h2-10,15,25H,11H2,1H3,(H,22,28)(H,26,27)/t15-/m0/s1. The van der Waals surface area contributed by atoms with Crippen LogP contribution in [0.15, 0.2) is 54.6 Å². The molecule has 1 atom stereocenters. The van der Waals surface area contributed by atoms with Crippen molar-refractivity contribution in [1.82, 2.24) is 15.1 Å². The molecule has 0 fully saturated rings. The second-order valence-electron chi connectivity index (χ2n) is 6.14. The first-order valence-electron chi connectivity index (χ1n) is 8.59. The van der Waals surface area contributed by atoms with E-state index in [9.17, 15) is 19.8 Å². The Labute approximate surface area is 171 Å². The molecule has 8 nitrogen and oxygen atoms in total. The molecule has 0 unspecified atom stereocenters. The SMILES string of the molecule is COc1ccccc1[C@H](CC(=O)O)NC(=O)c1cc(O)n(-c2ccc(Cl)cc2)n1. The number of halogens is 1. The largest absolute Gasteiger partial charge is 0.496 e. The average Bonchev–Trinajstić information content (AvgIpc) is 3.09.